The highest BCUT2D eigenvalue weighted by molar-refractivity contribution is 5.80. The molecule has 4 aliphatic rings. The molecule has 2 saturated heterocycles. The van der Waals surface area contributed by atoms with Crippen molar-refractivity contribution in [3.05, 3.63) is 0 Å². The fourth-order valence-electron chi connectivity index (χ4n) is 7.29. The summed E-state index contributed by atoms with van der Waals surface area (Å²) < 4.78 is 13.8. The van der Waals surface area contributed by atoms with E-state index in [9.17, 15) is 9.18 Å². The summed E-state index contributed by atoms with van der Waals surface area (Å²) in [6.07, 6.45) is 11.1. The van der Waals surface area contributed by atoms with Crippen molar-refractivity contribution in [3.63, 3.8) is 0 Å². The number of hydrogen-bond donors (Lipinski definition) is 1. The summed E-state index contributed by atoms with van der Waals surface area (Å²) in [6.45, 7) is 4.52. The predicted octanol–water partition coefficient (Wildman–Crippen LogP) is 4.70. The van der Waals surface area contributed by atoms with Crippen LogP contribution in [0.3, 0.4) is 0 Å². The first-order valence-corrected chi connectivity index (χ1v) is 11.6. The van der Waals surface area contributed by atoms with Crippen LogP contribution in [0.15, 0.2) is 0 Å². The van der Waals surface area contributed by atoms with Crippen molar-refractivity contribution in [1.82, 2.24) is 10.2 Å². The standard InChI is InChI=1S/C23H39FN2O/c1-15-5-4-6-16(2)20(15)22(27)25-21(17-7-9-18(24)10-8-17)23-13-11-19(12-14-23)26(23)3/h15-21H,4-14H2,1-3H3,(H,25,27). The van der Waals surface area contributed by atoms with E-state index in [2.05, 4.69) is 31.1 Å². The molecule has 0 aromatic carbocycles. The molecule has 2 heterocycles. The van der Waals surface area contributed by atoms with Crippen molar-refractivity contribution in [3.8, 4) is 0 Å². The van der Waals surface area contributed by atoms with Gasteiger partial charge in [0.15, 0.2) is 0 Å². The molecule has 2 aliphatic heterocycles. The first-order chi connectivity index (χ1) is 12.9. The lowest BCUT2D eigenvalue weighted by atomic mass is 9.69. The van der Waals surface area contributed by atoms with E-state index in [4.69, 9.17) is 0 Å². The summed E-state index contributed by atoms with van der Waals surface area (Å²) in [6, 6.07) is 0.894. The molecule has 0 aromatic rings. The van der Waals surface area contributed by atoms with Gasteiger partial charge in [0.05, 0.1) is 0 Å². The Labute approximate surface area is 164 Å². The molecule has 2 aliphatic carbocycles. The van der Waals surface area contributed by atoms with E-state index in [0.29, 0.717) is 42.5 Å². The van der Waals surface area contributed by atoms with Crippen molar-refractivity contribution >= 4 is 5.91 Å². The Morgan fingerprint density at radius 1 is 1.00 bits per heavy atom. The number of carbonyl (C=O) groups is 1. The van der Waals surface area contributed by atoms with E-state index >= 15 is 0 Å². The van der Waals surface area contributed by atoms with Crippen molar-refractivity contribution < 1.29 is 9.18 Å². The largest absolute Gasteiger partial charge is 0.351 e. The Balaban J connectivity index is 1.56. The second-order valence-corrected chi connectivity index (χ2v) is 10.4. The number of fused-ring (bicyclic) bond motifs is 2. The van der Waals surface area contributed by atoms with Gasteiger partial charge < -0.3 is 5.32 Å². The fourth-order valence-corrected chi connectivity index (χ4v) is 7.29. The third-order valence-electron chi connectivity index (χ3n) is 8.97. The van der Waals surface area contributed by atoms with Crippen molar-refractivity contribution in [2.75, 3.05) is 7.05 Å². The van der Waals surface area contributed by atoms with Crippen LogP contribution in [0.2, 0.25) is 0 Å². The first-order valence-electron chi connectivity index (χ1n) is 11.6. The Kier molecular flexibility index (Phi) is 5.57. The molecule has 4 fully saturated rings. The van der Waals surface area contributed by atoms with E-state index in [1.165, 1.54) is 44.9 Å². The highest BCUT2D eigenvalue weighted by atomic mass is 19.1. The van der Waals surface area contributed by atoms with Crippen LogP contribution < -0.4 is 5.32 Å². The van der Waals surface area contributed by atoms with Gasteiger partial charge in [-0.25, -0.2) is 4.39 Å². The number of carbonyl (C=O) groups excluding carboxylic acids is 1. The number of rotatable bonds is 4. The molecular weight excluding hydrogens is 339 g/mol. The van der Waals surface area contributed by atoms with Crippen LogP contribution in [-0.4, -0.2) is 41.6 Å². The molecule has 0 radical (unpaired) electrons. The van der Waals surface area contributed by atoms with Gasteiger partial charge in [0.25, 0.3) is 0 Å². The maximum atomic E-state index is 13.8. The molecule has 1 amide bonds. The number of nitrogens with zero attached hydrogens (tertiary/aromatic N) is 1. The van der Waals surface area contributed by atoms with Crippen LogP contribution in [0.25, 0.3) is 0 Å². The lowest BCUT2D eigenvalue weighted by molar-refractivity contribution is -0.132. The summed E-state index contributed by atoms with van der Waals surface area (Å²) >= 11 is 0. The van der Waals surface area contributed by atoms with Crippen molar-refractivity contribution in [2.24, 2.45) is 23.7 Å². The van der Waals surface area contributed by atoms with Gasteiger partial charge in [-0.1, -0.05) is 20.3 Å². The van der Waals surface area contributed by atoms with Gasteiger partial charge >= 0.3 is 0 Å². The second kappa shape index (κ2) is 7.65. The Morgan fingerprint density at radius 2 is 1.59 bits per heavy atom. The number of amides is 1. The molecule has 4 rings (SSSR count). The number of halogens is 1. The monoisotopic (exact) mass is 378 g/mol. The van der Waals surface area contributed by atoms with Gasteiger partial charge in [-0.15, -0.1) is 0 Å². The lowest BCUT2D eigenvalue weighted by Gasteiger charge is -2.47. The maximum Gasteiger partial charge on any atom is 0.223 e. The minimum atomic E-state index is -0.633. The zero-order valence-corrected chi connectivity index (χ0v) is 17.6. The van der Waals surface area contributed by atoms with Gasteiger partial charge in [-0.2, -0.15) is 0 Å². The molecule has 3 nitrogen and oxygen atoms in total. The highest BCUT2D eigenvalue weighted by Crippen LogP contribution is 2.50. The molecule has 0 aromatic heterocycles. The van der Waals surface area contributed by atoms with Crippen LogP contribution in [-0.2, 0) is 4.79 Å². The summed E-state index contributed by atoms with van der Waals surface area (Å²) in [5.74, 6) is 1.84. The van der Waals surface area contributed by atoms with Crippen LogP contribution in [0.1, 0.15) is 84.5 Å². The third-order valence-corrected chi connectivity index (χ3v) is 8.97. The normalized spacial score (nSPS) is 46.4. The maximum absolute atomic E-state index is 13.8. The molecule has 1 N–H and O–H groups in total. The van der Waals surface area contributed by atoms with Crippen LogP contribution in [0.5, 0.6) is 0 Å². The Hall–Kier alpha value is -0.640. The molecule has 2 bridgehead atoms. The zero-order valence-electron chi connectivity index (χ0n) is 17.6. The molecule has 27 heavy (non-hydrogen) atoms. The number of hydrogen-bond acceptors (Lipinski definition) is 2. The van der Waals surface area contributed by atoms with E-state index in [0.717, 1.165) is 12.8 Å². The predicted molar refractivity (Wildman–Crippen MR) is 107 cm³/mol. The lowest BCUT2D eigenvalue weighted by Crippen LogP contribution is -2.61. The second-order valence-electron chi connectivity index (χ2n) is 10.4. The molecule has 0 spiro atoms. The summed E-state index contributed by atoms with van der Waals surface area (Å²) in [7, 11) is 2.27. The Bertz CT molecular complexity index is 526. The summed E-state index contributed by atoms with van der Waals surface area (Å²) in [5, 5.41) is 3.62. The molecular formula is C23H39FN2O. The van der Waals surface area contributed by atoms with E-state index < -0.39 is 6.17 Å². The van der Waals surface area contributed by atoms with Crippen LogP contribution >= 0.6 is 0 Å². The average Bonchev–Trinajstić information content (AvgIpc) is 3.13. The van der Waals surface area contributed by atoms with Gasteiger partial charge in [0, 0.05) is 23.5 Å². The smallest absolute Gasteiger partial charge is 0.223 e. The number of likely N-dealkylation sites (N-methyl/N-ethyl adjacent to an activating group) is 1. The molecule has 2 saturated carbocycles. The molecule has 3 unspecified atom stereocenters. The summed E-state index contributed by atoms with van der Waals surface area (Å²) in [5.41, 5.74) is 0.120. The third kappa shape index (κ3) is 3.45. The van der Waals surface area contributed by atoms with Gasteiger partial charge in [-0.3, -0.25) is 9.69 Å². The Morgan fingerprint density at radius 3 is 2.11 bits per heavy atom. The quantitative estimate of drug-likeness (QED) is 0.769. The van der Waals surface area contributed by atoms with Gasteiger partial charge in [0.1, 0.15) is 6.17 Å². The first kappa shape index (κ1) is 19.7. The average molecular weight is 379 g/mol. The molecule has 4 heteroatoms. The van der Waals surface area contributed by atoms with Crippen LogP contribution in [0.4, 0.5) is 4.39 Å². The molecule has 154 valence electrons. The van der Waals surface area contributed by atoms with Crippen LogP contribution in [0, 0.1) is 23.7 Å². The minimum Gasteiger partial charge on any atom is -0.351 e. The SMILES string of the molecule is CC1CCCC(C)C1C(=O)NC(C1CCC(F)CC1)C12CCC(CC1)N2C. The molecule has 3 atom stereocenters. The number of nitrogens with one attached hydrogen (secondary N) is 1. The minimum absolute atomic E-state index is 0.120. The van der Waals surface area contributed by atoms with Crippen molar-refractivity contribution in [2.45, 2.75) is 108 Å². The zero-order chi connectivity index (χ0) is 19.2. The number of alkyl halides is 1. The highest BCUT2D eigenvalue weighted by Gasteiger charge is 2.56. The summed E-state index contributed by atoms with van der Waals surface area (Å²) in [4.78, 5) is 16.1. The fraction of sp³-hybridized carbons (Fsp3) is 0.957. The van der Waals surface area contributed by atoms with Gasteiger partial charge in [-0.05, 0) is 89.0 Å². The van der Waals surface area contributed by atoms with E-state index in [-0.39, 0.29) is 17.5 Å². The van der Waals surface area contributed by atoms with E-state index in [1.807, 2.05) is 0 Å². The van der Waals surface area contributed by atoms with Crippen molar-refractivity contribution in [1.29, 1.82) is 0 Å². The topological polar surface area (TPSA) is 32.3 Å². The van der Waals surface area contributed by atoms with E-state index in [1.54, 1.807) is 0 Å². The van der Waals surface area contributed by atoms with Gasteiger partial charge in [0.2, 0.25) is 5.91 Å².